The summed E-state index contributed by atoms with van der Waals surface area (Å²) in [5.74, 6) is 7.73. The fraction of sp³-hybridized carbons (Fsp3) is 0.400. The van der Waals surface area contributed by atoms with E-state index in [9.17, 15) is 13.2 Å². The smallest absolute Gasteiger partial charge is 0.307 e. The minimum Gasteiger partial charge on any atom is -0.494 e. The van der Waals surface area contributed by atoms with Gasteiger partial charge in [-0.25, -0.2) is 8.42 Å². The molecule has 0 unspecified atom stereocenters. The van der Waals surface area contributed by atoms with Crippen LogP contribution < -0.4 is 14.2 Å². The number of rotatable bonds is 11. The Kier molecular flexibility index (Phi) is 10.1. The van der Waals surface area contributed by atoms with E-state index in [1.54, 1.807) is 6.92 Å². The highest BCUT2D eigenvalue weighted by Crippen LogP contribution is 2.44. The Hall–Kier alpha value is -3.96. The van der Waals surface area contributed by atoms with Gasteiger partial charge < -0.3 is 18.9 Å². The molecule has 0 spiro atoms. The Morgan fingerprint density at radius 2 is 1.79 bits per heavy atom. The molecule has 228 valence electrons. The Bertz CT molecular complexity index is 1640. The number of sulfone groups is 1. The second-order valence-electron chi connectivity index (χ2n) is 11.3. The Balaban J connectivity index is 1.72. The number of benzene rings is 3. The van der Waals surface area contributed by atoms with Gasteiger partial charge in [0.2, 0.25) is 0 Å². The molecule has 0 bridgehead atoms. The number of fused-ring (bicyclic) bond motifs is 3. The fourth-order valence-corrected chi connectivity index (χ4v) is 5.96. The number of carbonyl (C=O) groups excluding carboxylic acids is 1. The van der Waals surface area contributed by atoms with Gasteiger partial charge in [-0.15, -0.1) is 5.92 Å². The van der Waals surface area contributed by atoms with E-state index in [-0.39, 0.29) is 24.1 Å². The maximum atomic E-state index is 12.0. The fourth-order valence-electron chi connectivity index (χ4n) is 5.31. The molecule has 3 aromatic rings. The van der Waals surface area contributed by atoms with Crippen molar-refractivity contribution in [3.8, 4) is 51.3 Å². The van der Waals surface area contributed by atoms with Crippen LogP contribution in [0.2, 0.25) is 0 Å². The maximum Gasteiger partial charge on any atom is 0.307 e. The van der Waals surface area contributed by atoms with Gasteiger partial charge in [0.15, 0.2) is 0 Å². The van der Waals surface area contributed by atoms with Crippen LogP contribution in [0.4, 0.5) is 0 Å². The molecule has 3 aromatic carbocycles. The summed E-state index contributed by atoms with van der Waals surface area (Å²) >= 11 is 0. The summed E-state index contributed by atoms with van der Waals surface area (Å²) in [4.78, 5) is 12.0. The summed E-state index contributed by atoms with van der Waals surface area (Å²) in [5, 5.41) is 0. The molecular weight excluding hydrogens is 564 g/mol. The van der Waals surface area contributed by atoms with Crippen LogP contribution in [-0.4, -0.2) is 52.3 Å². The molecule has 1 heterocycles. The molecule has 1 atom stereocenters. The summed E-state index contributed by atoms with van der Waals surface area (Å²) in [6, 6.07) is 18.1. The van der Waals surface area contributed by atoms with Gasteiger partial charge in [0.05, 0.1) is 38.4 Å². The highest BCUT2D eigenvalue weighted by atomic mass is 32.2. The Labute approximate surface area is 255 Å². The zero-order chi connectivity index (χ0) is 31.2. The number of ether oxygens (including phenoxy) is 4. The van der Waals surface area contributed by atoms with Crippen LogP contribution in [0.3, 0.4) is 0 Å². The molecule has 8 heteroatoms. The predicted molar refractivity (Wildman–Crippen MR) is 170 cm³/mol. The largest absolute Gasteiger partial charge is 0.494 e. The van der Waals surface area contributed by atoms with Gasteiger partial charge in [-0.1, -0.05) is 30.2 Å². The second kappa shape index (κ2) is 13.6. The van der Waals surface area contributed by atoms with Gasteiger partial charge in [0.25, 0.3) is 0 Å². The molecule has 0 saturated heterocycles. The first-order valence-corrected chi connectivity index (χ1v) is 16.5. The quantitative estimate of drug-likeness (QED) is 0.138. The molecule has 0 saturated carbocycles. The van der Waals surface area contributed by atoms with Crippen molar-refractivity contribution in [2.75, 3.05) is 32.3 Å². The monoisotopic (exact) mass is 604 g/mol. The summed E-state index contributed by atoms with van der Waals surface area (Å²) in [7, 11) is -1.65. The van der Waals surface area contributed by atoms with Crippen molar-refractivity contribution >= 4 is 15.8 Å². The number of hydrogen-bond donors (Lipinski definition) is 0. The van der Waals surface area contributed by atoms with Crippen molar-refractivity contribution in [3.05, 3.63) is 65.7 Å². The lowest BCUT2D eigenvalue weighted by atomic mass is 9.90. The molecular formula is C35H40O7S. The van der Waals surface area contributed by atoms with Crippen LogP contribution in [-0.2, 0) is 25.8 Å². The van der Waals surface area contributed by atoms with Crippen LogP contribution in [0.1, 0.15) is 57.6 Å². The van der Waals surface area contributed by atoms with E-state index in [2.05, 4.69) is 31.8 Å². The zero-order valence-electron chi connectivity index (χ0n) is 25.8. The first-order valence-electron chi connectivity index (χ1n) is 14.5. The van der Waals surface area contributed by atoms with Gasteiger partial charge in [0.1, 0.15) is 32.7 Å². The molecule has 0 fully saturated rings. The molecule has 0 aromatic heterocycles. The lowest BCUT2D eigenvalue weighted by Gasteiger charge is -2.25. The van der Waals surface area contributed by atoms with Crippen LogP contribution in [0, 0.1) is 11.8 Å². The van der Waals surface area contributed by atoms with E-state index in [0.717, 1.165) is 39.1 Å². The highest BCUT2D eigenvalue weighted by Gasteiger charge is 2.29. The van der Waals surface area contributed by atoms with Gasteiger partial charge in [-0.3, -0.25) is 4.79 Å². The van der Waals surface area contributed by atoms with Crippen LogP contribution in [0.25, 0.3) is 22.3 Å². The second-order valence-corrected chi connectivity index (χ2v) is 13.6. The molecule has 1 aliphatic rings. The molecule has 0 aliphatic carbocycles. The minimum atomic E-state index is -3.03. The van der Waals surface area contributed by atoms with Crippen molar-refractivity contribution in [3.63, 3.8) is 0 Å². The molecule has 0 amide bonds. The Morgan fingerprint density at radius 3 is 2.49 bits per heavy atom. The third kappa shape index (κ3) is 8.32. The molecule has 4 rings (SSSR count). The third-order valence-corrected chi connectivity index (χ3v) is 8.24. The van der Waals surface area contributed by atoms with Crippen molar-refractivity contribution in [1.82, 2.24) is 0 Å². The highest BCUT2D eigenvalue weighted by molar-refractivity contribution is 7.90. The molecule has 0 radical (unpaired) electrons. The van der Waals surface area contributed by atoms with Crippen molar-refractivity contribution in [2.45, 2.75) is 58.5 Å². The standard InChI is InChI=1S/C35H40O7S/c1-7-10-24(22-34(36)39-5)25-11-14-30(33(21-25)40-8-2)26-12-16-32-31(20-26)29-15-13-28(41-17-9-18-43(6,37)38)19-27(29)23-35(3,4)42-32/h11-16,19-21,24H,8-9,17-18,22-23H2,1-6H3/t24-/m0/s1. The molecule has 1 aliphatic heterocycles. The zero-order valence-corrected chi connectivity index (χ0v) is 26.6. The van der Waals surface area contributed by atoms with Crippen LogP contribution in [0.5, 0.6) is 17.2 Å². The SMILES string of the molecule is CC#C[C@@H](CC(=O)OC)c1ccc(-c2ccc3c(c2)-c2ccc(OCCCS(C)(=O)=O)cc2CC(C)(C)O3)c(OCC)c1. The van der Waals surface area contributed by atoms with E-state index in [1.807, 2.05) is 55.5 Å². The van der Waals surface area contributed by atoms with Crippen LogP contribution in [0.15, 0.2) is 54.6 Å². The summed E-state index contributed by atoms with van der Waals surface area (Å²) in [5.41, 5.74) is 5.43. The maximum absolute atomic E-state index is 12.0. The van der Waals surface area contributed by atoms with Gasteiger partial charge in [-0.05, 0) is 86.7 Å². The summed E-state index contributed by atoms with van der Waals surface area (Å²) < 4.78 is 46.3. The average molecular weight is 605 g/mol. The summed E-state index contributed by atoms with van der Waals surface area (Å²) in [6.45, 7) is 8.64. The first kappa shape index (κ1) is 32.0. The van der Waals surface area contributed by atoms with Gasteiger partial charge in [-0.2, -0.15) is 0 Å². The third-order valence-electron chi connectivity index (χ3n) is 7.21. The number of hydrogen-bond acceptors (Lipinski definition) is 7. The van der Waals surface area contributed by atoms with E-state index >= 15 is 0 Å². The minimum absolute atomic E-state index is 0.0949. The number of methoxy groups -OCH3 is 1. The van der Waals surface area contributed by atoms with Gasteiger partial charge >= 0.3 is 5.97 Å². The summed E-state index contributed by atoms with van der Waals surface area (Å²) in [6.07, 6.45) is 2.50. The van der Waals surface area contributed by atoms with Crippen molar-refractivity contribution in [1.29, 1.82) is 0 Å². The first-order chi connectivity index (χ1) is 20.4. The van der Waals surface area contributed by atoms with Crippen molar-refractivity contribution in [2.24, 2.45) is 0 Å². The number of carbonyl (C=O) groups is 1. The van der Waals surface area contributed by atoms with Crippen LogP contribution >= 0.6 is 0 Å². The lowest BCUT2D eigenvalue weighted by molar-refractivity contribution is -0.140. The van der Waals surface area contributed by atoms with Crippen molar-refractivity contribution < 1.29 is 32.2 Å². The average Bonchev–Trinajstić information content (AvgIpc) is 3.06. The van der Waals surface area contributed by atoms with E-state index in [1.165, 1.54) is 13.4 Å². The van der Waals surface area contributed by atoms with Gasteiger partial charge in [0, 0.05) is 23.8 Å². The van der Waals surface area contributed by atoms with E-state index in [4.69, 9.17) is 18.9 Å². The van der Waals surface area contributed by atoms with E-state index < -0.39 is 15.4 Å². The van der Waals surface area contributed by atoms with E-state index in [0.29, 0.717) is 37.6 Å². The molecule has 43 heavy (non-hydrogen) atoms. The lowest BCUT2D eigenvalue weighted by Crippen LogP contribution is -2.30. The Morgan fingerprint density at radius 1 is 1.02 bits per heavy atom. The molecule has 0 N–H and O–H groups in total. The number of esters is 1. The predicted octanol–water partition coefficient (Wildman–Crippen LogP) is 6.62. The normalized spacial score (nSPS) is 14.1. The molecule has 7 nitrogen and oxygen atoms in total. The topological polar surface area (TPSA) is 88.1 Å².